The van der Waals surface area contributed by atoms with E-state index in [1.807, 2.05) is 11.4 Å². The maximum atomic E-state index is 13.1. The van der Waals surface area contributed by atoms with Crippen LogP contribution >= 0.6 is 23.1 Å². The SMILES string of the molecule is Cc1ccc(NC(=O)CSc2ncnc3ccsc23)cc1S(=O)(=O)N1CCCCC1. The molecule has 0 bridgehead atoms. The Balaban J connectivity index is 1.46. The fourth-order valence-corrected chi connectivity index (χ4v) is 6.91. The minimum Gasteiger partial charge on any atom is -0.325 e. The lowest BCUT2D eigenvalue weighted by Gasteiger charge is -2.26. The number of hydrogen-bond donors (Lipinski definition) is 1. The van der Waals surface area contributed by atoms with Gasteiger partial charge in [-0.3, -0.25) is 4.79 Å². The maximum Gasteiger partial charge on any atom is 0.243 e. The summed E-state index contributed by atoms with van der Waals surface area (Å²) in [4.78, 5) is 21.2. The molecule has 0 saturated carbocycles. The number of rotatable bonds is 6. The van der Waals surface area contributed by atoms with Crippen LogP contribution in [0.2, 0.25) is 0 Å². The molecule has 0 aliphatic carbocycles. The number of thiophene rings is 1. The van der Waals surface area contributed by atoms with Gasteiger partial charge in [0.1, 0.15) is 11.4 Å². The summed E-state index contributed by atoms with van der Waals surface area (Å²) in [7, 11) is -3.56. The smallest absolute Gasteiger partial charge is 0.243 e. The van der Waals surface area contributed by atoms with E-state index in [-0.39, 0.29) is 16.6 Å². The number of hydrogen-bond acceptors (Lipinski definition) is 7. The normalized spacial score (nSPS) is 15.4. The predicted octanol–water partition coefficient (Wildman–Crippen LogP) is 3.91. The minimum atomic E-state index is -3.56. The Kier molecular flexibility index (Phi) is 6.37. The van der Waals surface area contributed by atoms with E-state index in [0.717, 1.165) is 34.5 Å². The first-order valence-electron chi connectivity index (χ1n) is 9.67. The number of piperidine rings is 1. The molecule has 3 heterocycles. The molecule has 1 amide bonds. The third-order valence-corrected chi connectivity index (χ3v) is 9.02. The van der Waals surface area contributed by atoms with Crippen molar-refractivity contribution in [3.05, 3.63) is 41.5 Å². The quantitative estimate of drug-likeness (QED) is 0.441. The largest absolute Gasteiger partial charge is 0.325 e. The van der Waals surface area contributed by atoms with Crippen LogP contribution in [0.25, 0.3) is 10.2 Å². The number of nitrogens with zero attached hydrogens (tertiary/aromatic N) is 3. The van der Waals surface area contributed by atoms with E-state index in [4.69, 9.17) is 0 Å². The fourth-order valence-electron chi connectivity index (χ4n) is 3.40. The molecule has 0 atom stereocenters. The molecule has 1 N–H and O–H groups in total. The van der Waals surface area contributed by atoms with Crippen molar-refractivity contribution in [2.45, 2.75) is 36.1 Å². The molecule has 3 aromatic rings. The summed E-state index contributed by atoms with van der Waals surface area (Å²) in [5.74, 6) is -0.0416. The lowest BCUT2D eigenvalue weighted by Crippen LogP contribution is -2.36. The van der Waals surface area contributed by atoms with Crippen LogP contribution < -0.4 is 5.32 Å². The standard InChI is InChI=1S/C20H22N4O3S3/c1-14-5-6-15(11-17(14)30(26,27)24-8-3-2-4-9-24)23-18(25)12-29-20-19-16(7-10-28-19)21-13-22-20/h5-7,10-11,13H,2-4,8-9,12H2,1H3,(H,23,25). The monoisotopic (exact) mass is 462 g/mol. The Morgan fingerprint density at radius 2 is 2.00 bits per heavy atom. The van der Waals surface area contributed by atoms with Crippen molar-refractivity contribution >= 4 is 54.9 Å². The zero-order valence-electron chi connectivity index (χ0n) is 16.5. The summed E-state index contributed by atoms with van der Waals surface area (Å²) in [5.41, 5.74) is 2.02. The maximum absolute atomic E-state index is 13.1. The van der Waals surface area contributed by atoms with Crippen molar-refractivity contribution < 1.29 is 13.2 Å². The minimum absolute atomic E-state index is 0.173. The first-order chi connectivity index (χ1) is 14.4. The molecule has 2 aromatic heterocycles. The average Bonchev–Trinajstić information content (AvgIpc) is 3.23. The Labute approximate surface area is 184 Å². The van der Waals surface area contributed by atoms with Gasteiger partial charge in [0.25, 0.3) is 0 Å². The van der Waals surface area contributed by atoms with Gasteiger partial charge in [-0.1, -0.05) is 24.2 Å². The highest BCUT2D eigenvalue weighted by molar-refractivity contribution is 8.00. The Morgan fingerprint density at radius 1 is 1.20 bits per heavy atom. The molecule has 10 heteroatoms. The van der Waals surface area contributed by atoms with Crippen LogP contribution in [-0.2, 0) is 14.8 Å². The van der Waals surface area contributed by atoms with Crippen LogP contribution in [0.3, 0.4) is 0 Å². The second kappa shape index (κ2) is 9.01. The fraction of sp³-hybridized carbons (Fsp3) is 0.350. The zero-order valence-corrected chi connectivity index (χ0v) is 18.9. The second-order valence-corrected chi connectivity index (χ2v) is 10.9. The van der Waals surface area contributed by atoms with Gasteiger partial charge in [0.05, 0.1) is 20.9 Å². The summed E-state index contributed by atoms with van der Waals surface area (Å²) < 4.78 is 28.6. The van der Waals surface area contributed by atoms with E-state index in [2.05, 4.69) is 15.3 Å². The Morgan fingerprint density at radius 3 is 2.80 bits per heavy atom. The highest BCUT2D eigenvalue weighted by atomic mass is 32.2. The predicted molar refractivity (Wildman–Crippen MR) is 121 cm³/mol. The van der Waals surface area contributed by atoms with E-state index < -0.39 is 10.0 Å². The summed E-state index contributed by atoms with van der Waals surface area (Å²) in [6, 6.07) is 6.95. The summed E-state index contributed by atoms with van der Waals surface area (Å²) >= 11 is 2.88. The van der Waals surface area contributed by atoms with E-state index >= 15 is 0 Å². The van der Waals surface area contributed by atoms with Gasteiger partial charge in [-0.05, 0) is 48.9 Å². The van der Waals surface area contributed by atoms with E-state index in [1.54, 1.807) is 40.8 Å². The molecule has 4 rings (SSSR count). The molecule has 1 aromatic carbocycles. The highest BCUT2D eigenvalue weighted by Gasteiger charge is 2.27. The van der Waals surface area contributed by atoms with Crippen molar-refractivity contribution in [3.8, 4) is 0 Å². The summed E-state index contributed by atoms with van der Waals surface area (Å²) in [5, 5.41) is 5.52. The summed E-state index contributed by atoms with van der Waals surface area (Å²) in [6.07, 6.45) is 4.31. The molecule has 0 spiro atoms. The molecule has 0 unspecified atom stereocenters. The van der Waals surface area contributed by atoms with Gasteiger partial charge >= 0.3 is 0 Å². The highest BCUT2D eigenvalue weighted by Crippen LogP contribution is 2.29. The van der Waals surface area contributed by atoms with E-state index in [9.17, 15) is 13.2 Å². The number of fused-ring (bicyclic) bond motifs is 1. The van der Waals surface area contributed by atoms with Gasteiger partial charge in [0.2, 0.25) is 15.9 Å². The molecule has 1 saturated heterocycles. The molecule has 0 radical (unpaired) electrons. The zero-order chi connectivity index (χ0) is 21.1. The van der Waals surface area contributed by atoms with Gasteiger partial charge in [-0.2, -0.15) is 4.31 Å². The average molecular weight is 463 g/mol. The van der Waals surface area contributed by atoms with Gasteiger partial charge < -0.3 is 5.32 Å². The van der Waals surface area contributed by atoms with Crippen LogP contribution in [0.1, 0.15) is 24.8 Å². The molecule has 1 fully saturated rings. The number of benzene rings is 1. The summed E-state index contributed by atoms with van der Waals surface area (Å²) in [6.45, 7) is 2.87. The van der Waals surface area contributed by atoms with Crippen molar-refractivity contribution in [1.29, 1.82) is 0 Å². The van der Waals surface area contributed by atoms with Gasteiger partial charge in [-0.15, -0.1) is 11.3 Å². The molecule has 30 heavy (non-hydrogen) atoms. The molecular formula is C20H22N4O3S3. The van der Waals surface area contributed by atoms with Gasteiger partial charge in [0, 0.05) is 18.8 Å². The number of carbonyl (C=O) groups excluding carboxylic acids is 1. The number of thioether (sulfide) groups is 1. The molecule has 1 aliphatic rings. The molecule has 158 valence electrons. The number of aromatic nitrogens is 2. The molecule has 7 nitrogen and oxygen atoms in total. The van der Waals surface area contributed by atoms with Crippen LogP contribution in [0, 0.1) is 6.92 Å². The Hall–Kier alpha value is -2.01. The number of anilines is 1. The van der Waals surface area contributed by atoms with Crippen LogP contribution in [0.4, 0.5) is 5.69 Å². The molecule has 1 aliphatic heterocycles. The number of carbonyl (C=O) groups is 1. The number of sulfonamides is 1. The van der Waals surface area contributed by atoms with Crippen molar-refractivity contribution in [1.82, 2.24) is 14.3 Å². The number of amides is 1. The van der Waals surface area contributed by atoms with Crippen LogP contribution in [0.5, 0.6) is 0 Å². The van der Waals surface area contributed by atoms with Crippen molar-refractivity contribution in [2.24, 2.45) is 0 Å². The first-order valence-corrected chi connectivity index (χ1v) is 13.0. The van der Waals surface area contributed by atoms with Crippen LogP contribution in [0.15, 0.2) is 45.9 Å². The second-order valence-electron chi connectivity index (χ2n) is 7.10. The third-order valence-electron chi connectivity index (χ3n) is 4.96. The topological polar surface area (TPSA) is 92.3 Å². The van der Waals surface area contributed by atoms with Crippen molar-refractivity contribution in [2.75, 3.05) is 24.2 Å². The van der Waals surface area contributed by atoms with E-state index in [0.29, 0.717) is 24.3 Å². The lowest BCUT2D eigenvalue weighted by molar-refractivity contribution is -0.113. The first kappa shape index (κ1) is 21.2. The Bertz CT molecular complexity index is 1170. The number of nitrogens with one attached hydrogen (secondary N) is 1. The lowest BCUT2D eigenvalue weighted by atomic mass is 10.2. The van der Waals surface area contributed by atoms with Gasteiger partial charge in [0.15, 0.2) is 0 Å². The third kappa shape index (κ3) is 4.51. The van der Waals surface area contributed by atoms with Gasteiger partial charge in [-0.25, -0.2) is 18.4 Å². The van der Waals surface area contributed by atoms with Crippen molar-refractivity contribution in [3.63, 3.8) is 0 Å². The van der Waals surface area contributed by atoms with E-state index in [1.165, 1.54) is 18.1 Å². The number of aryl methyl sites for hydroxylation is 1. The van der Waals surface area contributed by atoms with Crippen LogP contribution in [-0.4, -0.2) is 47.4 Å². The molecular weight excluding hydrogens is 440 g/mol.